The summed E-state index contributed by atoms with van der Waals surface area (Å²) in [5, 5.41) is 14.5. The van der Waals surface area contributed by atoms with E-state index in [-0.39, 0.29) is 18.0 Å². The van der Waals surface area contributed by atoms with Crippen molar-refractivity contribution in [3.63, 3.8) is 0 Å². The molecule has 8 heteroatoms. The number of nitro benzene ring substituents is 1. The molecule has 0 aliphatic carbocycles. The lowest BCUT2D eigenvalue weighted by Crippen LogP contribution is -2.49. The van der Waals surface area contributed by atoms with E-state index in [0.29, 0.717) is 12.6 Å². The van der Waals surface area contributed by atoms with Crippen molar-refractivity contribution in [2.45, 2.75) is 19.5 Å². The molecule has 1 fully saturated rings. The van der Waals surface area contributed by atoms with E-state index in [1.807, 2.05) is 0 Å². The van der Waals surface area contributed by atoms with Crippen LogP contribution in [0.5, 0.6) is 5.75 Å². The van der Waals surface area contributed by atoms with Gasteiger partial charge in [0.15, 0.2) is 12.4 Å². The second-order valence-corrected chi connectivity index (χ2v) is 5.45. The van der Waals surface area contributed by atoms with E-state index in [1.165, 1.54) is 19.2 Å². The Kier molecular flexibility index (Phi) is 5.89. The zero-order chi connectivity index (χ0) is 16.8. The molecule has 1 N–H and O–H groups in total. The number of esters is 1. The Balaban J connectivity index is 2.11. The predicted molar refractivity (Wildman–Crippen MR) is 83.3 cm³/mol. The summed E-state index contributed by atoms with van der Waals surface area (Å²) in [4.78, 5) is 24.1. The molecule has 126 valence electrons. The number of hydrogen-bond donors (Lipinski definition) is 1. The normalized spacial score (nSPS) is 18.4. The van der Waals surface area contributed by atoms with Gasteiger partial charge in [0.05, 0.1) is 12.0 Å². The van der Waals surface area contributed by atoms with E-state index in [9.17, 15) is 14.9 Å². The van der Waals surface area contributed by atoms with Crippen molar-refractivity contribution in [1.29, 1.82) is 0 Å². The third-order valence-corrected chi connectivity index (χ3v) is 3.82. The highest BCUT2D eigenvalue weighted by molar-refractivity contribution is 5.71. The summed E-state index contributed by atoms with van der Waals surface area (Å²) < 4.78 is 9.64. The molecule has 1 saturated heterocycles. The van der Waals surface area contributed by atoms with Gasteiger partial charge < -0.3 is 14.8 Å². The Bertz CT molecular complexity index is 578. The summed E-state index contributed by atoms with van der Waals surface area (Å²) in [6.45, 7) is 5.12. The summed E-state index contributed by atoms with van der Waals surface area (Å²) >= 11 is 0. The summed E-state index contributed by atoms with van der Waals surface area (Å²) in [6, 6.07) is 5.19. The lowest BCUT2D eigenvalue weighted by Gasteiger charge is -2.33. The number of rotatable bonds is 6. The Labute approximate surface area is 134 Å². The number of hydrogen-bond acceptors (Lipinski definition) is 7. The summed E-state index contributed by atoms with van der Waals surface area (Å²) in [5.41, 5.74) is 0.699. The van der Waals surface area contributed by atoms with Crippen LogP contribution in [0, 0.1) is 10.1 Å². The lowest BCUT2D eigenvalue weighted by molar-refractivity contribution is -0.385. The van der Waals surface area contributed by atoms with Gasteiger partial charge in [0.2, 0.25) is 0 Å². The highest BCUT2D eigenvalue weighted by Crippen LogP contribution is 2.28. The smallest absolute Gasteiger partial charge is 0.343 e. The Morgan fingerprint density at radius 3 is 2.96 bits per heavy atom. The minimum Gasteiger partial charge on any atom is -0.475 e. The fourth-order valence-electron chi connectivity index (χ4n) is 2.47. The van der Waals surface area contributed by atoms with Crippen LogP contribution >= 0.6 is 0 Å². The van der Waals surface area contributed by atoms with Crippen LogP contribution in [-0.2, 0) is 16.1 Å². The van der Waals surface area contributed by atoms with E-state index in [2.05, 4.69) is 21.9 Å². The molecule has 8 nitrogen and oxygen atoms in total. The molecule has 0 bridgehead atoms. The number of methoxy groups -OCH3 is 1. The van der Waals surface area contributed by atoms with Crippen LogP contribution in [0.3, 0.4) is 0 Å². The number of nitrogens with zero attached hydrogens (tertiary/aromatic N) is 2. The molecule has 0 spiro atoms. The van der Waals surface area contributed by atoms with Crippen molar-refractivity contribution < 1.29 is 19.2 Å². The number of carbonyl (C=O) groups is 1. The minimum absolute atomic E-state index is 0.0671. The van der Waals surface area contributed by atoms with Gasteiger partial charge in [-0.05, 0) is 18.6 Å². The molecule has 0 aromatic heterocycles. The Morgan fingerprint density at radius 2 is 2.30 bits per heavy atom. The topological polar surface area (TPSA) is 93.9 Å². The molecule has 0 unspecified atom stereocenters. The number of benzene rings is 1. The van der Waals surface area contributed by atoms with Crippen molar-refractivity contribution in [2.24, 2.45) is 0 Å². The molecule has 0 radical (unpaired) electrons. The van der Waals surface area contributed by atoms with Gasteiger partial charge in [-0.2, -0.15) is 0 Å². The van der Waals surface area contributed by atoms with Gasteiger partial charge in [-0.3, -0.25) is 15.0 Å². The van der Waals surface area contributed by atoms with Gasteiger partial charge in [0.1, 0.15) is 0 Å². The summed E-state index contributed by atoms with van der Waals surface area (Å²) in [5.74, 6) is -0.518. The Morgan fingerprint density at radius 1 is 1.52 bits per heavy atom. The first-order chi connectivity index (χ1) is 11.0. The van der Waals surface area contributed by atoms with Crippen LogP contribution in [0.25, 0.3) is 0 Å². The monoisotopic (exact) mass is 323 g/mol. The lowest BCUT2D eigenvalue weighted by atomic mass is 10.1. The predicted octanol–water partition coefficient (Wildman–Crippen LogP) is 0.940. The average molecular weight is 323 g/mol. The van der Waals surface area contributed by atoms with E-state index < -0.39 is 10.9 Å². The Hall–Kier alpha value is -2.19. The quantitative estimate of drug-likeness (QED) is 0.473. The summed E-state index contributed by atoms with van der Waals surface area (Å²) in [6.07, 6.45) is 0. The van der Waals surface area contributed by atoms with Gasteiger partial charge >= 0.3 is 11.7 Å². The third-order valence-electron chi connectivity index (χ3n) is 3.82. The maximum atomic E-state index is 11.2. The fraction of sp³-hybridized carbons (Fsp3) is 0.533. The molecule has 2 rings (SSSR count). The zero-order valence-corrected chi connectivity index (χ0v) is 13.3. The van der Waals surface area contributed by atoms with Crippen molar-refractivity contribution in [1.82, 2.24) is 10.2 Å². The van der Waals surface area contributed by atoms with Crippen molar-refractivity contribution in [2.75, 3.05) is 33.4 Å². The van der Waals surface area contributed by atoms with E-state index >= 15 is 0 Å². The molecular weight excluding hydrogens is 302 g/mol. The highest BCUT2D eigenvalue weighted by atomic mass is 16.6. The molecule has 0 amide bonds. The first kappa shape index (κ1) is 17.2. The molecular formula is C15H21N3O5. The highest BCUT2D eigenvalue weighted by Gasteiger charge is 2.21. The van der Waals surface area contributed by atoms with E-state index in [0.717, 1.165) is 25.2 Å². The second-order valence-electron chi connectivity index (χ2n) is 5.45. The summed E-state index contributed by atoms with van der Waals surface area (Å²) in [7, 11) is 1.23. The van der Waals surface area contributed by atoms with Gasteiger partial charge in [-0.1, -0.05) is 6.07 Å². The molecule has 1 aromatic rings. The minimum atomic E-state index is -0.585. The second kappa shape index (κ2) is 7.89. The molecule has 1 atom stereocenters. The van der Waals surface area contributed by atoms with Crippen LogP contribution < -0.4 is 10.1 Å². The fourth-order valence-corrected chi connectivity index (χ4v) is 2.47. The maximum Gasteiger partial charge on any atom is 0.343 e. The molecule has 0 saturated carbocycles. The van der Waals surface area contributed by atoms with E-state index in [1.54, 1.807) is 6.07 Å². The first-order valence-corrected chi connectivity index (χ1v) is 7.43. The molecule has 1 aliphatic rings. The first-order valence-electron chi connectivity index (χ1n) is 7.43. The van der Waals surface area contributed by atoms with Crippen molar-refractivity contribution in [3.05, 3.63) is 33.9 Å². The van der Waals surface area contributed by atoms with Crippen LogP contribution in [0.15, 0.2) is 18.2 Å². The standard InChI is InChI=1S/C15H21N3O5/c1-11-8-16-5-6-17(11)9-12-3-4-14(13(7-12)18(20)21)23-10-15(19)22-2/h3-4,7,11,16H,5-6,8-10H2,1-2H3/t11-/m1/s1. The van der Waals surface area contributed by atoms with Crippen LogP contribution in [0.2, 0.25) is 0 Å². The number of nitrogens with one attached hydrogen (secondary N) is 1. The van der Waals surface area contributed by atoms with Crippen LogP contribution in [0.1, 0.15) is 12.5 Å². The molecule has 1 aliphatic heterocycles. The van der Waals surface area contributed by atoms with Crippen LogP contribution in [-0.4, -0.2) is 55.2 Å². The zero-order valence-electron chi connectivity index (χ0n) is 13.3. The average Bonchev–Trinajstić information content (AvgIpc) is 2.55. The number of carbonyl (C=O) groups excluding carboxylic acids is 1. The van der Waals surface area contributed by atoms with Gasteiger partial charge in [-0.15, -0.1) is 0 Å². The van der Waals surface area contributed by atoms with Crippen molar-refractivity contribution >= 4 is 11.7 Å². The number of nitro groups is 1. The van der Waals surface area contributed by atoms with Gasteiger partial charge in [-0.25, -0.2) is 4.79 Å². The van der Waals surface area contributed by atoms with Crippen LogP contribution in [0.4, 0.5) is 5.69 Å². The number of piperazine rings is 1. The molecule has 23 heavy (non-hydrogen) atoms. The largest absolute Gasteiger partial charge is 0.475 e. The number of ether oxygens (including phenoxy) is 2. The van der Waals surface area contributed by atoms with E-state index in [4.69, 9.17) is 4.74 Å². The SMILES string of the molecule is COC(=O)COc1ccc(CN2CCNC[C@H]2C)cc1[N+](=O)[O-]. The third kappa shape index (κ3) is 4.64. The maximum absolute atomic E-state index is 11.2. The van der Waals surface area contributed by atoms with Gasteiger partial charge in [0, 0.05) is 38.3 Å². The van der Waals surface area contributed by atoms with Crippen molar-refractivity contribution in [3.8, 4) is 5.75 Å². The molecule has 1 aromatic carbocycles. The van der Waals surface area contributed by atoms with Gasteiger partial charge in [0.25, 0.3) is 0 Å². The molecule has 1 heterocycles.